The van der Waals surface area contributed by atoms with E-state index in [0.717, 1.165) is 17.9 Å². The van der Waals surface area contributed by atoms with Gasteiger partial charge in [-0.05, 0) is 53.6 Å². The van der Waals surface area contributed by atoms with Crippen LogP contribution in [0.4, 0.5) is 0 Å². The van der Waals surface area contributed by atoms with Crippen molar-refractivity contribution in [3.05, 3.63) is 96.6 Å². The van der Waals surface area contributed by atoms with E-state index in [1.807, 2.05) is 24.0 Å². The first-order valence-electron chi connectivity index (χ1n) is 10.9. The number of aromatic nitrogens is 2. The number of thioether (sulfide) groups is 1. The van der Waals surface area contributed by atoms with Gasteiger partial charge in [-0.15, -0.1) is 0 Å². The molecule has 0 radical (unpaired) electrons. The Morgan fingerprint density at radius 1 is 0.968 bits per heavy atom. The molecule has 0 spiro atoms. The first-order valence-corrected chi connectivity index (χ1v) is 11.9. The molecule has 0 aliphatic carbocycles. The Morgan fingerprint density at radius 3 is 2.68 bits per heavy atom. The fourth-order valence-electron chi connectivity index (χ4n) is 4.87. The molecule has 0 saturated carbocycles. The first-order chi connectivity index (χ1) is 15.3. The lowest BCUT2D eigenvalue weighted by molar-refractivity contribution is 0.249. The highest BCUT2D eigenvalue weighted by Gasteiger charge is 2.46. The molecule has 0 unspecified atom stereocenters. The van der Waals surface area contributed by atoms with Crippen LogP contribution in [0.25, 0.3) is 16.5 Å². The molecule has 6 rings (SSSR count). The van der Waals surface area contributed by atoms with E-state index in [2.05, 4.69) is 89.3 Å². The monoisotopic (exact) mass is 424 g/mol. The molecule has 5 heteroatoms. The number of benzene rings is 2. The van der Waals surface area contributed by atoms with Crippen molar-refractivity contribution < 1.29 is 0 Å². The van der Waals surface area contributed by atoms with Crippen molar-refractivity contribution in [1.82, 2.24) is 14.5 Å². The number of rotatable bonds is 4. The van der Waals surface area contributed by atoms with E-state index in [9.17, 15) is 0 Å². The Hall–Kier alpha value is -3.05. The van der Waals surface area contributed by atoms with Gasteiger partial charge in [0, 0.05) is 35.6 Å². The lowest BCUT2D eigenvalue weighted by atomic mass is 9.99. The van der Waals surface area contributed by atoms with Gasteiger partial charge in [-0.2, -0.15) is 0 Å². The second kappa shape index (κ2) is 7.57. The summed E-state index contributed by atoms with van der Waals surface area (Å²) >= 11 is 1.89. The third kappa shape index (κ3) is 3.07. The minimum Gasteiger partial charge on any atom is -0.337 e. The number of amidine groups is 1. The van der Waals surface area contributed by atoms with Gasteiger partial charge in [0.15, 0.2) is 5.17 Å². The highest BCUT2D eigenvalue weighted by molar-refractivity contribution is 8.14. The molecule has 4 heterocycles. The molecule has 4 nitrogen and oxygen atoms in total. The lowest BCUT2D eigenvalue weighted by Crippen LogP contribution is -2.36. The van der Waals surface area contributed by atoms with Gasteiger partial charge in [-0.1, -0.05) is 55.1 Å². The molecule has 2 aromatic carbocycles. The summed E-state index contributed by atoms with van der Waals surface area (Å²) in [4.78, 5) is 12.4. The minimum atomic E-state index is 0.00663. The summed E-state index contributed by atoms with van der Waals surface area (Å²) in [7, 11) is 0. The van der Waals surface area contributed by atoms with E-state index in [1.54, 1.807) is 0 Å². The zero-order valence-corrected chi connectivity index (χ0v) is 18.2. The van der Waals surface area contributed by atoms with Crippen LogP contribution in [0, 0.1) is 0 Å². The van der Waals surface area contributed by atoms with Gasteiger partial charge in [0.05, 0.1) is 5.69 Å². The van der Waals surface area contributed by atoms with Crippen LogP contribution in [0.3, 0.4) is 0 Å². The lowest BCUT2D eigenvalue weighted by Gasteiger charge is -2.32. The summed E-state index contributed by atoms with van der Waals surface area (Å²) in [6, 6.07) is 26.5. The summed E-state index contributed by atoms with van der Waals surface area (Å²) in [5, 5.41) is 3.69. The van der Waals surface area contributed by atoms with Gasteiger partial charge < -0.3 is 9.47 Å². The molecule has 3 atom stereocenters. The molecule has 1 fully saturated rings. The molecular formula is C26H24N4S. The smallest absolute Gasteiger partial charge is 0.160 e. The Labute approximate surface area is 186 Å². The molecule has 2 aromatic heterocycles. The summed E-state index contributed by atoms with van der Waals surface area (Å²) < 4.78 is 2.33. The number of nitrogens with zero attached hydrogens (tertiary/aromatic N) is 4. The van der Waals surface area contributed by atoms with Gasteiger partial charge >= 0.3 is 0 Å². The van der Waals surface area contributed by atoms with Crippen molar-refractivity contribution in [1.29, 1.82) is 0 Å². The maximum absolute atomic E-state index is 5.17. The second-order valence-electron chi connectivity index (χ2n) is 8.17. The van der Waals surface area contributed by atoms with Gasteiger partial charge in [0.1, 0.15) is 12.1 Å². The SMILES string of the molecule is CC[C@@H]1CSC2=N[C@H](c3ccccn3)[C@H](c3cccn3-c3ccc4ccccc4c3)N21. The molecule has 0 amide bonds. The van der Waals surface area contributed by atoms with Crippen molar-refractivity contribution in [2.45, 2.75) is 31.5 Å². The number of hydrogen-bond acceptors (Lipinski definition) is 4. The van der Waals surface area contributed by atoms with Gasteiger partial charge in [0.2, 0.25) is 0 Å². The van der Waals surface area contributed by atoms with E-state index in [0.29, 0.717) is 6.04 Å². The maximum Gasteiger partial charge on any atom is 0.160 e. The molecule has 0 N–H and O–H groups in total. The second-order valence-corrected chi connectivity index (χ2v) is 9.16. The van der Waals surface area contributed by atoms with Crippen LogP contribution in [-0.2, 0) is 0 Å². The number of fused-ring (bicyclic) bond motifs is 2. The third-order valence-electron chi connectivity index (χ3n) is 6.42. The summed E-state index contributed by atoms with van der Waals surface area (Å²) in [5.74, 6) is 1.11. The third-order valence-corrected chi connectivity index (χ3v) is 7.55. The van der Waals surface area contributed by atoms with Crippen molar-refractivity contribution >= 4 is 27.7 Å². The Morgan fingerprint density at radius 2 is 1.84 bits per heavy atom. The van der Waals surface area contributed by atoms with E-state index >= 15 is 0 Å². The largest absolute Gasteiger partial charge is 0.337 e. The Kier molecular flexibility index (Phi) is 4.57. The summed E-state index contributed by atoms with van der Waals surface area (Å²) in [5.41, 5.74) is 3.49. The topological polar surface area (TPSA) is 33.4 Å². The van der Waals surface area contributed by atoms with Crippen LogP contribution in [0.5, 0.6) is 0 Å². The van der Waals surface area contributed by atoms with Gasteiger partial charge in [-0.25, -0.2) is 0 Å². The van der Waals surface area contributed by atoms with E-state index in [1.165, 1.54) is 27.3 Å². The number of aliphatic imine (C=N–C) groups is 1. The van der Waals surface area contributed by atoms with Crippen LogP contribution >= 0.6 is 11.8 Å². The van der Waals surface area contributed by atoms with Crippen molar-refractivity contribution in [2.24, 2.45) is 4.99 Å². The normalized spacial score (nSPS) is 22.7. The fraction of sp³-hybridized carbons (Fsp3) is 0.231. The van der Waals surface area contributed by atoms with E-state index in [4.69, 9.17) is 9.98 Å². The molecule has 1 saturated heterocycles. The zero-order chi connectivity index (χ0) is 20.8. The van der Waals surface area contributed by atoms with Crippen molar-refractivity contribution in [2.75, 3.05) is 5.75 Å². The molecule has 154 valence electrons. The predicted octanol–water partition coefficient (Wildman–Crippen LogP) is 6.00. The first kappa shape index (κ1) is 18.7. The number of pyridine rings is 1. The van der Waals surface area contributed by atoms with Crippen LogP contribution in [0.15, 0.2) is 90.2 Å². The van der Waals surface area contributed by atoms with E-state index in [-0.39, 0.29) is 12.1 Å². The van der Waals surface area contributed by atoms with Crippen LogP contribution < -0.4 is 0 Å². The average molecular weight is 425 g/mol. The molecular weight excluding hydrogens is 400 g/mol. The maximum atomic E-state index is 5.17. The molecule has 4 aromatic rings. The zero-order valence-electron chi connectivity index (χ0n) is 17.4. The molecule has 2 aliphatic heterocycles. The fourth-order valence-corrected chi connectivity index (χ4v) is 6.21. The molecule has 2 aliphatic rings. The summed E-state index contributed by atoms with van der Waals surface area (Å²) in [6.45, 7) is 2.28. The van der Waals surface area contributed by atoms with Crippen LogP contribution in [0.1, 0.15) is 36.8 Å². The van der Waals surface area contributed by atoms with Crippen LogP contribution in [-0.4, -0.2) is 31.4 Å². The Balaban J connectivity index is 1.48. The molecule has 31 heavy (non-hydrogen) atoms. The van der Waals surface area contributed by atoms with E-state index < -0.39 is 0 Å². The highest BCUT2D eigenvalue weighted by Crippen LogP contribution is 2.48. The quantitative estimate of drug-likeness (QED) is 0.403. The van der Waals surface area contributed by atoms with Gasteiger partial charge in [-0.3, -0.25) is 9.98 Å². The highest BCUT2D eigenvalue weighted by atomic mass is 32.2. The average Bonchev–Trinajstić information content (AvgIpc) is 3.54. The van der Waals surface area contributed by atoms with Crippen molar-refractivity contribution in [3.8, 4) is 5.69 Å². The summed E-state index contributed by atoms with van der Waals surface area (Å²) in [6.07, 6.45) is 5.17. The minimum absolute atomic E-state index is 0.00663. The van der Waals surface area contributed by atoms with Crippen molar-refractivity contribution in [3.63, 3.8) is 0 Å². The predicted molar refractivity (Wildman–Crippen MR) is 129 cm³/mol. The number of hydrogen-bond donors (Lipinski definition) is 0. The van der Waals surface area contributed by atoms with Crippen LogP contribution in [0.2, 0.25) is 0 Å². The standard InChI is InChI=1S/C26H24N4S/c1-2-20-17-31-26-28-24(22-10-5-6-14-27-22)25(30(20)26)23-11-7-15-29(23)21-13-12-18-8-3-4-9-19(18)16-21/h3-16,20,24-25H,2,17H2,1H3/t20-,24-,25+/m1/s1. The Bertz CT molecular complexity index is 1260. The van der Waals surface area contributed by atoms with Gasteiger partial charge in [0.25, 0.3) is 0 Å². The molecule has 0 bridgehead atoms.